The van der Waals surface area contributed by atoms with E-state index in [0.717, 1.165) is 5.56 Å². The van der Waals surface area contributed by atoms with Gasteiger partial charge in [0.25, 0.3) is 0 Å². The summed E-state index contributed by atoms with van der Waals surface area (Å²) in [4.78, 5) is 16.1. The minimum absolute atomic E-state index is 0.187. The third-order valence-corrected chi connectivity index (χ3v) is 3.42. The SMILES string of the molecule is COc1cccc(CC(=O)Nc2ccc(F)c(-c3ncn[nH]3)c2)c1. The molecule has 1 heterocycles. The Labute approximate surface area is 137 Å². The fourth-order valence-electron chi connectivity index (χ4n) is 2.29. The molecule has 1 aromatic heterocycles. The van der Waals surface area contributed by atoms with E-state index in [2.05, 4.69) is 20.5 Å². The summed E-state index contributed by atoms with van der Waals surface area (Å²) >= 11 is 0. The number of nitrogens with one attached hydrogen (secondary N) is 2. The Morgan fingerprint density at radius 3 is 2.92 bits per heavy atom. The average Bonchev–Trinajstić information content (AvgIpc) is 3.11. The predicted molar refractivity (Wildman–Crippen MR) is 87.1 cm³/mol. The number of methoxy groups -OCH3 is 1. The number of carbonyl (C=O) groups excluding carboxylic acids is 1. The number of hydrogen-bond donors (Lipinski definition) is 2. The summed E-state index contributed by atoms with van der Waals surface area (Å²) in [6, 6.07) is 11.6. The lowest BCUT2D eigenvalue weighted by molar-refractivity contribution is -0.115. The molecule has 0 saturated carbocycles. The van der Waals surface area contributed by atoms with E-state index in [1.54, 1.807) is 13.2 Å². The van der Waals surface area contributed by atoms with Crippen LogP contribution >= 0.6 is 0 Å². The number of hydrogen-bond acceptors (Lipinski definition) is 4. The molecule has 24 heavy (non-hydrogen) atoms. The Balaban J connectivity index is 1.73. The molecule has 0 fully saturated rings. The minimum Gasteiger partial charge on any atom is -0.497 e. The predicted octanol–water partition coefficient (Wildman–Crippen LogP) is 2.80. The molecule has 2 N–H and O–H groups in total. The number of aromatic nitrogens is 3. The van der Waals surface area contributed by atoms with Gasteiger partial charge in [-0.3, -0.25) is 9.89 Å². The van der Waals surface area contributed by atoms with Gasteiger partial charge in [0.2, 0.25) is 5.91 Å². The highest BCUT2D eigenvalue weighted by Crippen LogP contribution is 2.23. The summed E-state index contributed by atoms with van der Waals surface area (Å²) in [5.41, 5.74) is 1.55. The molecule has 0 bridgehead atoms. The van der Waals surface area contributed by atoms with Gasteiger partial charge < -0.3 is 10.1 Å². The van der Waals surface area contributed by atoms with E-state index in [0.29, 0.717) is 17.3 Å². The lowest BCUT2D eigenvalue weighted by Gasteiger charge is -2.08. The third kappa shape index (κ3) is 3.57. The van der Waals surface area contributed by atoms with Crippen molar-refractivity contribution in [2.45, 2.75) is 6.42 Å². The van der Waals surface area contributed by atoms with E-state index < -0.39 is 5.82 Å². The Bertz CT molecular complexity index is 850. The fraction of sp³-hybridized carbons (Fsp3) is 0.118. The van der Waals surface area contributed by atoms with E-state index in [1.165, 1.54) is 24.5 Å². The molecule has 3 aromatic rings. The van der Waals surface area contributed by atoms with Gasteiger partial charge >= 0.3 is 0 Å². The van der Waals surface area contributed by atoms with Crippen LogP contribution in [0.3, 0.4) is 0 Å². The summed E-state index contributed by atoms with van der Waals surface area (Å²) in [5, 5.41) is 9.05. The van der Waals surface area contributed by atoms with E-state index in [4.69, 9.17) is 4.74 Å². The summed E-state index contributed by atoms with van der Waals surface area (Å²) in [7, 11) is 1.57. The second kappa shape index (κ2) is 6.91. The van der Waals surface area contributed by atoms with E-state index in [1.807, 2.05) is 18.2 Å². The third-order valence-electron chi connectivity index (χ3n) is 3.42. The van der Waals surface area contributed by atoms with Crippen LogP contribution in [-0.2, 0) is 11.2 Å². The Hall–Kier alpha value is -3.22. The summed E-state index contributed by atoms with van der Waals surface area (Å²) < 4.78 is 19.0. The van der Waals surface area contributed by atoms with Crippen LogP contribution in [0.4, 0.5) is 10.1 Å². The number of anilines is 1. The Morgan fingerprint density at radius 2 is 2.17 bits per heavy atom. The first-order valence-corrected chi connectivity index (χ1v) is 7.24. The lowest BCUT2D eigenvalue weighted by atomic mass is 10.1. The van der Waals surface area contributed by atoms with Crippen LogP contribution < -0.4 is 10.1 Å². The van der Waals surface area contributed by atoms with Crippen LogP contribution in [0.5, 0.6) is 5.75 Å². The molecule has 6 nitrogen and oxygen atoms in total. The topological polar surface area (TPSA) is 79.9 Å². The van der Waals surface area contributed by atoms with Crippen molar-refractivity contribution < 1.29 is 13.9 Å². The van der Waals surface area contributed by atoms with E-state index in [-0.39, 0.29) is 17.9 Å². The summed E-state index contributed by atoms with van der Waals surface area (Å²) in [5.74, 6) is 0.335. The maximum Gasteiger partial charge on any atom is 0.228 e. The van der Waals surface area contributed by atoms with Crippen LogP contribution in [0.15, 0.2) is 48.8 Å². The number of halogens is 1. The number of aromatic amines is 1. The van der Waals surface area contributed by atoms with Gasteiger partial charge in [0.1, 0.15) is 17.9 Å². The smallest absolute Gasteiger partial charge is 0.228 e. The molecule has 0 saturated heterocycles. The molecule has 1 amide bonds. The summed E-state index contributed by atoms with van der Waals surface area (Å²) in [6.07, 6.45) is 1.48. The van der Waals surface area contributed by atoms with Crippen molar-refractivity contribution >= 4 is 11.6 Å². The van der Waals surface area contributed by atoms with Crippen LogP contribution in [0, 0.1) is 5.82 Å². The van der Waals surface area contributed by atoms with Gasteiger partial charge in [-0.05, 0) is 35.9 Å². The monoisotopic (exact) mass is 326 g/mol. The number of nitrogens with zero attached hydrogens (tertiary/aromatic N) is 2. The first-order chi connectivity index (χ1) is 11.7. The van der Waals surface area contributed by atoms with Gasteiger partial charge in [0, 0.05) is 5.69 Å². The normalized spacial score (nSPS) is 10.4. The first-order valence-electron chi connectivity index (χ1n) is 7.24. The van der Waals surface area contributed by atoms with Gasteiger partial charge in [-0.15, -0.1) is 0 Å². The molecule has 0 radical (unpaired) electrons. The van der Waals surface area contributed by atoms with Crippen LogP contribution in [0.1, 0.15) is 5.56 Å². The molecule has 0 atom stereocenters. The van der Waals surface area contributed by atoms with Gasteiger partial charge in [-0.1, -0.05) is 12.1 Å². The fourth-order valence-corrected chi connectivity index (χ4v) is 2.29. The van der Waals surface area contributed by atoms with Crippen molar-refractivity contribution in [1.29, 1.82) is 0 Å². The molecule has 0 spiro atoms. The zero-order valence-electron chi connectivity index (χ0n) is 12.9. The highest BCUT2D eigenvalue weighted by molar-refractivity contribution is 5.92. The number of rotatable bonds is 5. The molecule has 0 aliphatic heterocycles. The number of ether oxygens (including phenoxy) is 1. The molecule has 3 rings (SSSR count). The Kier molecular flexibility index (Phi) is 4.51. The number of carbonyl (C=O) groups is 1. The van der Waals surface area contributed by atoms with Crippen molar-refractivity contribution in [3.8, 4) is 17.1 Å². The molecule has 0 aliphatic rings. The molecule has 7 heteroatoms. The highest BCUT2D eigenvalue weighted by Gasteiger charge is 2.11. The van der Waals surface area contributed by atoms with Gasteiger partial charge in [0.15, 0.2) is 5.82 Å². The highest BCUT2D eigenvalue weighted by atomic mass is 19.1. The number of amides is 1. The molecule has 122 valence electrons. The first kappa shape index (κ1) is 15.7. The van der Waals surface area contributed by atoms with Crippen molar-refractivity contribution in [2.75, 3.05) is 12.4 Å². The minimum atomic E-state index is -0.447. The van der Waals surface area contributed by atoms with Crippen LogP contribution in [-0.4, -0.2) is 28.2 Å². The van der Waals surface area contributed by atoms with Crippen molar-refractivity contribution in [3.05, 3.63) is 60.2 Å². The number of benzene rings is 2. The van der Waals surface area contributed by atoms with Crippen LogP contribution in [0.25, 0.3) is 11.4 Å². The largest absolute Gasteiger partial charge is 0.497 e. The maximum atomic E-state index is 13.9. The average molecular weight is 326 g/mol. The second-order valence-corrected chi connectivity index (χ2v) is 5.11. The molecular weight excluding hydrogens is 311 g/mol. The van der Waals surface area contributed by atoms with E-state index >= 15 is 0 Å². The van der Waals surface area contributed by atoms with Crippen molar-refractivity contribution in [3.63, 3.8) is 0 Å². The van der Waals surface area contributed by atoms with Gasteiger partial charge in [-0.2, -0.15) is 5.10 Å². The van der Waals surface area contributed by atoms with Crippen molar-refractivity contribution in [2.24, 2.45) is 0 Å². The second-order valence-electron chi connectivity index (χ2n) is 5.11. The molecule has 0 unspecified atom stereocenters. The standard InChI is InChI=1S/C17H15FN4O2/c1-24-13-4-2-3-11(7-13)8-16(23)21-12-5-6-15(18)14(9-12)17-19-10-20-22-17/h2-7,9-10H,8H2,1H3,(H,21,23)(H,19,20,22). The molecular formula is C17H15FN4O2. The number of H-pyrrole nitrogens is 1. The van der Waals surface area contributed by atoms with Gasteiger partial charge in [-0.25, -0.2) is 9.37 Å². The zero-order chi connectivity index (χ0) is 16.9. The zero-order valence-corrected chi connectivity index (χ0v) is 12.9. The van der Waals surface area contributed by atoms with Gasteiger partial charge in [0.05, 0.1) is 19.1 Å². The maximum absolute atomic E-state index is 13.9. The molecule has 0 aliphatic carbocycles. The summed E-state index contributed by atoms with van der Waals surface area (Å²) in [6.45, 7) is 0. The van der Waals surface area contributed by atoms with Crippen LogP contribution in [0.2, 0.25) is 0 Å². The lowest BCUT2D eigenvalue weighted by Crippen LogP contribution is -2.14. The Morgan fingerprint density at radius 1 is 1.29 bits per heavy atom. The quantitative estimate of drug-likeness (QED) is 0.755. The molecule has 2 aromatic carbocycles. The van der Waals surface area contributed by atoms with E-state index in [9.17, 15) is 9.18 Å². The van der Waals surface area contributed by atoms with Crippen molar-refractivity contribution in [1.82, 2.24) is 15.2 Å².